The summed E-state index contributed by atoms with van der Waals surface area (Å²) in [7, 11) is 0. The number of aryl methyl sites for hydroxylation is 1. The van der Waals surface area contributed by atoms with Crippen molar-refractivity contribution in [3.8, 4) is 5.75 Å². The van der Waals surface area contributed by atoms with Gasteiger partial charge in [0.1, 0.15) is 11.9 Å². The summed E-state index contributed by atoms with van der Waals surface area (Å²) in [6.45, 7) is 9.90. The van der Waals surface area contributed by atoms with E-state index in [0.29, 0.717) is 26.2 Å². The lowest BCUT2D eigenvalue weighted by atomic mass is 9.96. The lowest BCUT2D eigenvalue weighted by molar-refractivity contribution is -0.154. The molecule has 0 radical (unpaired) electrons. The van der Waals surface area contributed by atoms with Crippen molar-refractivity contribution in [2.45, 2.75) is 45.8 Å². The van der Waals surface area contributed by atoms with E-state index in [1.165, 1.54) is 5.56 Å². The standard InChI is InChI=1S/C23H29NO3/c1-5-26-20-12-8-18(9-13-20)14-22(25)24-15-21(27-16-23(24,3)4)19-10-6-17(2)7-11-19/h6-13,21H,5,14-16H2,1-4H3. The molecule has 1 aliphatic heterocycles. The highest BCUT2D eigenvalue weighted by Crippen LogP contribution is 2.31. The van der Waals surface area contributed by atoms with Crippen LogP contribution in [0.2, 0.25) is 0 Å². The van der Waals surface area contributed by atoms with Crippen LogP contribution in [0.4, 0.5) is 0 Å². The van der Waals surface area contributed by atoms with E-state index in [-0.39, 0.29) is 17.6 Å². The second kappa shape index (κ2) is 8.13. The minimum absolute atomic E-state index is 0.0806. The van der Waals surface area contributed by atoms with Gasteiger partial charge in [0.2, 0.25) is 5.91 Å². The summed E-state index contributed by atoms with van der Waals surface area (Å²) in [5.41, 5.74) is 3.02. The number of benzene rings is 2. The van der Waals surface area contributed by atoms with E-state index in [9.17, 15) is 4.79 Å². The predicted octanol–water partition coefficient (Wildman–Crippen LogP) is 4.31. The van der Waals surface area contributed by atoms with Crippen LogP contribution in [0.1, 0.15) is 43.6 Å². The van der Waals surface area contributed by atoms with Crippen molar-refractivity contribution in [1.29, 1.82) is 0 Å². The summed E-state index contributed by atoms with van der Waals surface area (Å²) in [5, 5.41) is 0. The van der Waals surface area contributed by atoms with E-state index >= 15 is 0 Å². The van der Waals surface area contributed by atoms with Crippen LogP contribution in [0, 0.1) is 6.92 Å². The molecule has 3 rings (SSSR count). The molecule has 1 aliphatic rings. The third kappa shape index (κ3) is 4.69. The van der Waals surface area contributed by atoms with Gasteiger partial charge in [-0.15, -0.1) is 0 Å². The first-order valence-corrected chi connectivity index (χ1v) is 9.59. The highest BCUT2D eigenvalue weighted by atomic mass is 16.5. The van der Waals surface area contributed by atoms with Gasteiger partial charge in [-0.1, -0.05) is 42.0 Å². The topological polar surface area (TPSA) is 38.8 Å². The molecule has 4 heteroatoms. The molecule has 144 valence electrons. The highest BCUT2D eigenvalue weighted by molar-refractivity contribution is 5.79. The number of morpholine rings is 1. The van der Waals surface area contributed by atoms with Crippen molar-refractivity contribution in [1.82, 2.24) is 4.90 Å². The second-order valence-electron chi connectivity index (χ2n) is 7.78. The Kier molecular flexibility index (Phi) is 5.85. The molecule has 1 amide bonds. The Morgan fingerprint density at radius 1 is 1.15 bits per heavy atom. The van der Waals surface area contributed by atoms with E-state index in [2.05, 4.69) is 45.0 Å². The maximum atomic E-state index is 13.1. The molecule has 0 aliphatic carbocycles. The van der Waals surface area contributed by atoms with Gasteiger partial charge in [0.05, 0.1) is 31.7 Å². The average molecular weight is 367 g/mol. The summed E-state index contributed by atoms with van der Waals surface area (Å²) in [6, 6.07) is 16.1. The zero-order chi connectivity index (χ0) is 19.4. The van der Waals surface area contributed by atoms with Gasteiger partial charge in [-0.25, -0.2) is 0 Å². The third-order valence-corrected chi connectivity index (χ3v) is 5.06. The number of amides is 1. The van der Waals surface area contributed by atoms with Crippen LogP contribution in [-0.2, 0) is 16.0 Å². The Hall–Kier alpha value is -2.33. The zero-order valence-corrected chi connectivity index (χ0v) is 16.7. The van der Waals surface area contributed by atoms with Gasteiger partial charge >= 0.3 is 0 Å². The van der Waals surface area contributed by atoms with E-state index in [4.69, 9.17) is 9.47 Å². The Bertz CT molecular complexity index is 765. The number of hydrogen-bond acceptors (Lipinski definition) is 3. The lowest BCUT2D eigenvalue weighted by Crippen LogP contribution is -2.56. The maximum absolute atomic E-state index is 13.1. The molecule has 0 spiro atoms. The predicted molar refractivity (Wildman–Crippen MR) is 107 cm³/mol. The summed E-state index contributed by atoms with van der Waals surface area (Å²) in [4.78, 5) is 15.0. The van der Waals surface area contributed by atoms with Crippen LogP contribution >= 0.6 is 0 Å². The first kappa shape index (κ1) is 19.4. The number of carbonyl (C=O) groups excluding carboxylic acids is 1. The van der Waals surface area contributed by atoms with Crippen LogP contribution < -0.4 is 4.74 Å². The number of hydrogen-bond donors (Lipinski definition) is 0. The molecule has 2 aromatic carbocycles. The van der Waals surface area contributed by atoms with E-state index < -0.39 is 0 Å². The number of nitrogens with zero attached hydrogens (tertiary/aromatic N) is 1. The fourth-order valence-electron chi connectivity index (χ4n) is 3.41. The van der Waals surface area contributed by atoms with Gasteiger partial charge in [0, 0.05) is 0 Å². The largest absolute Gasteiger partial charge is 0.494 e. The van der Waals surface area contributed by atoms with Gasteiger partial charge in [0.15, 0.2) is 0 Å². The van der Waals surface area contributed by atoms with E-state index in [1.54, 1.807) is 0 Å². The molecule has 1 unspecified atom stereocenters. The molecule has 0 bridgehead atoms. The second-order valence-corrected chi connectivity index (χ2v) is 7.78. The van der Waals surface area contributed by atoms with Crippen molar-refractivity contribution in [2.75, 3.05) is 19.8 Å². The van der Waals surface area contributed by atoms with Crippen LogP contribution in [0.3, 0.4) is 0 Å². The fraction of sp³-hybridized carbons (Fsp3) is 0.435. The van der Waals surface area contributed by atoms with Crippen LogP contribution in [-0.4, -0.2) is 36.1 Å². The Labute approximate surface area is 162 Å². The fourth-order valence-corrected chi connectivity index (χ4v) is 3.41. The van der Waals surface area contributed by atoms with Crippen molar-refractivity contribution in [3.63, 3.8) is 0 Å². The molecule has 4 nitrogen and oxygen atoms in total. The summed E-state index contributed by atoms with van der Waals surface area (Å²) in [6.07, 6.45) is 0.305. The molecule has 1 atom stereocenters. The number of carbonyl (C=O) groups is 1. The summed E-state index contributed by atoms with van der Waals surface area (Å²) < 4.78 is 11.6. The van der Waals surface area contributed by atoms with Gasteiger partial charge in [-0.3, -0.25) is 4.79 Å². The van der Waals surface area contributed by atoms with Gasteiger partial charge in [-0.2, -0.15) is 0 Å². The first-order valence-electron chi connectivity index (χ1n) is 9.59. The van der Waals surface area contributed by atoms with Gasteiger partial charge < -0.3 is 14.4 Å². The summed E-state index contributed by atoms with van der Waals surface area (Å²) >= 11 is 0. The lowest BCUT2D eigenvalue weighted by Gasteiger charge is -2.45. The zero-order valence-electron chi connectivity index (χ0n) is 16.7. The third-order valence-electron chi connectivity index (χ3n) is 5.06. The van der Waals surface area contributed by atoms with Crippen LogP contribution in [0.5, 0.6) is 5.75 Å². The smallest absolute Gasteiger partial charge is 0.227 e. The average Bonchev–Trinajstić information content (AvgIpc) is 2.64. The highest BCUT2D eigenvalue weighted by Gasteiger charge is 2.38. The molecule has 1 fully saturated rings. The molecule has 0 aromatic heterocycles. The van der Waals surface area contributed by atoms with Crippen molar-refractivity contribution >= 4 is 5.91 Å². The van der Waals surface area contributed by atoms with Crippen molar-refractivity contribution < 1.29 is 14.3 Å². The SMILES string of the molecule is CCOc1ccc(CC(=O)N2CC(c3ccc(C)cc3)OCC2(C)C)cc1. The molecular formula is C23H29NO3. The first-order chi connectivity index (χ1) is 12.9. The molecule has 0 N–H and O–H groups in total. The van der Waals surface area contributed by atoms with E-state index in [0.717, 1.165) is 16.9 Å². The van der Waals surface area contributed by atoms with Crippen LogP contribution in [0.25, 0.3) is 0 Å². The molecule has 2 aromatic rings. The molecular weight excluding hydrogens is 338 g/mol. The minimum Gasteiger partial charge on any atom is -0.494 e. The Morgan fingerprint density at radius 2 is 1.81 bits per heavy atom. The molecule has 1 saturated heterocycles. The summed E-state index contributed by atoms with van der Waals surface area (Å²) in [5.74, 6) is 0.962. The molecule has 1 heterocycles. The Balaban J connectivity index is 1.71. The van der Waals surface area contributed by atoms with Crippen molar-refractivity contribution in [2.24, 2.45) is 0 Å². The Morgan fingerprint density at radius 3 is 2.44 bits per heavy atom. The maximum Gasteiger partial charge on any atom is 0.227 e. The number of rotatable bonds is 5. The molecule has 0 saturated carbocycles. The quantitative estimate of drug-likeness (QED) is 0.790. The minimum atomic E-state index is -0.316. The van der Waals surface area contributed by atoms with Gasteiger partial charge in [0.25, 0.3) is 0 Å². The monoisotopic (exact) mass is 367 g/mol. The van der Waals surface area contributed by atoms with Crippen LogP contribution in [0.15, 0.2) is 48.5 Å². The number of ether oxygens (including phenoxy) is 2. The normalized spacial score (nSPS) is 19.0. The molecule has 27 heavy (non-hydrogen) atoms. The van der Waals surface area contributed by atoms with Gasteiger partial charge in [-0.05, 0) is 51.0 Å². The van der Waals surface area contributed by atoms with E-state index in [1.807, 2.05) is 36.1 Å². The van der Waals surface area contributed by atoms with Crippen molar-refractivity contribution in [3.05, 3.63) is 65.2 Å².